The Labute approximate surface area is 103 Å². The molecule has 0 aliphatic heterocycles. The van der Waals surface area contributed by atoms with Crippen LogP contribution >= 0.6 is 22.6 Å². The summed E-state index contributed by atoms with van der Waals surface area (Å²) in [5.41, 5.74) is 0.808. The second-order valence-electron chi connectivity index (χ2n) is 2.87. The van der Waals surface area contributed by atoms with Crippen LogP contribution in [0.1, 0.15) is 5.56 Å². The number of rotatable bonds is 5. The molecule has 0 saturated heterocycles. The van der Waals surface area contributed by atoms with Gasteiger partial charge in [0.2, 0.25) is 0 Å². The maximum absolute atomic E-state index is 9.03. The summed E-state index contributed by atoms with van der Waals surface area (Å²) < 4.78 is 11.6. The van der Waals surface area contributed by atoms with E-state index in [1.165, 1.54) is 0 Å². The van der Waals surface area contributed by atoms with E-state index >= 15 is 0 Å². The van der Waals surface area contributed by atoms with Crippen molar-refractivity contribution in [2.45, 2.75) is 6.61 Å². The van der Waals surface area contributed by atoms with Gasteiger partial charge in [0.05, 0.1) is 17.3 Å². The quantitative estimate of drug-likeness (QED) is 0.669. The van der Waals surface area contributed by atoms with Crippen molar-refractivity contribution >= 4 is 22.6 Å². The Kier molecular flexibility index (Phi) is 4.90. The first-order chi connectivity index (χ1) is 7.22. The molecule has 4 heteroatoms. The molecule has 0 bridgehead atoms. The van der Waals surface area contributed by atoms with Crippen LogP contribution in [0.2, 0.25) is 0 Å². The molecule has 0 aliphatic carbocycles. The SMILES string of the molecule is C=CCOc1c(I)cc(CO)cc1OC. The number of hydrogen-bond acceptors (Lipinski definition) is 3. The van der Waals surface area contributed by atoms with E-state index in [1.54, 1.807) is 19.3 Å². The van der Waals surface area contributed by atoms with Gasteiger partial charge in [0.1, 0.15) is 6.61 Å². The minimum Gasteiger partial charge on any atom is -0.493 e. The zero-order valence-corrected chi connectivity index (χ0v) is 10.7. The van der Waals surface area contributed by atoms with Crippen LogP contribution in [-0.2, 0) is 6.61 Å². The number of aliphatic hydroxyl groups is 1. The standard InChI is InChI=1S/C11H13IO3/c1-3-4-15-11-9(12)5-8(7-13)6-10(11)14-2/h3,5-6,13H,1,4,7H2,2H3. The molecule has 1 N–H and O–H groups in total. The van der Waals surface area contributed by atoms with Crippen LogP contribution in [0.25, 0.3) is 0 Å². The van der Waals surface area contributed by atoms with E-state index in [0.717, 1.165) is 9.13 Å². The lowest BCUT2D eigenvalue weighted by molar-refractivity contribution is 0.279. The monoisotopic (exact) mass is 320 g/mol. The molecule has 0 fully saturated rings. The van der Waals surface area contributed by atoms with Crippen LogP contribution in [0.5, 0.6) is 11.5 Å². The molecular formula is C11H13IO3. The van der Waals surface area contributed by atoms with E-state index in [9.17, 15) is 0 Å². The molecule has 0 heterocycles. The first-order valence-electron chi connectivity index (χ1n) is 4.44. The Balaban J connectivity index is 3.06. The fourth-order valence-corrected chi connectivity index (χ4v) is 1.97. The van der Waals surface area contributed by atoms with Gasteiger partial charge in [-0.3, -0.25) is 0 Å². The van der Waals surface area contributed by atoms with Crippen molar-refractivity contribution in [2.24, 2.45) is 0 Å². The summed E-state index contributed by atoms with van der Waals surface area (Å²) in [5.74, 6) is 1.32. The second kappa shape index (κ2) is 5.97. The molecule has 0 amide bonds. The van der Waals surface area contributed by atoms with Gasteiger partial charge >= 0.3 is 0 Å². The number of ether oxygens (including phenoxy) is 2. The molecule has 1 aromatic carbocycles. The third-order valence-electron chi connectivity index (χ3n) is 1.82. The van der Waals surface area contributed by atoms with Crippen molar-refractivity contribution in [3.05, 3.63) is 33.9 Å². The molecule has 82 valence electrons. The van der Waals surface area contributed by atoms with Crippen molar-refractivity contribution in [1.82, 2.24) is 0 Å². The van der Waals surface area contributed by atoms with Crippen LogP contribution in [-0.4, -0.2) is 18.8 Å². The van der Waals surface area contributed by atoms with Crippen LogP contribution < -0.4 is 9.47 Å². The molecule has 3 nitrogen and oxygen atoms in total. The summed E-state index contributed by atoms with van der Waals surface area (Å²) >= 11 is 2.15. The fourth-order valence-electron chi connectivity index (χ4n) is 1.15. The molecule has 1 rings (SSSR count). The Bertz CT molecular complexity index is 350. The van der Waals surface area contributed by atoms with Gasteiger partial charge in [-0.2, -0.15) is 0 Å². The summed E-state index contributed by atoms with van der Waals surface area (Å²) in [7, 11) is 1.58. The Morgan fingerprint density at radius 2 is 2.27 bits per heavy atom. The molecule has 0 saturated carbocycles. The van der Waals surface area contributed by atoms with Gasteiger partial charge in [-0.1, -0.05) is 12.7 Å². The van der Waals surface area contributed by atoms with E-state index in [4.69, 9.17) is 14.6 Å². The lowest BCUT2D eigenvalue weighted by atomic mass is 10.2. The highest BCUT2D eigenvalue weighted by Crippen LogP contribution is 2.33. The average molecular weight is 320 g/mol. The Morgan fingerprint density at radius 1 is 1.53 bits per heavy atom. The first kappa shape index (κ1) is 12.3. The van der Waals surface area contributed by atoms with Gasteiger partial charge < -0.3 is 14.6 Å². The molecule has 15 heavy (non-hydrogen) atoms. The van der Waals surface area contributed by atoms with E-state index in [-0.39, 0.29) is 6.61 Å². The van der Waals surface area contributed by atoms with Crippen molar-refractivity contribution in [1.29, 1.82) is 0 Å². The van der Waals surface area contributed by atoms with Crippen LogP contribution in [0.3, 0.4) is 0 Å². The number of aliphatic hydroxyl groups excluding tert-OH is 1. The molecule has 0 spiro atoms. The molecule has 0 atom stereocenters. The van der Waals surface area contributed by atoms with Crippen molar-refractivity contribution < 1.29 is 14.6 Å². The predicted molar refractivity (Wildman–Crippen MR) is 67.3 cm³/mol. The van der Waals surface area contributed by atoms with Gasteiger partial charge in [-0.25, -0.2) is 0 Å². The summed E-state index contributed by atoms with van der Waals surface area (Å²) in [5, 5.41) is 9.03. The van der Waals surface area contributed by atoms with Crippen molar-refractivity contribution in [2.75, 3.05) is 13.7 Å². The second-order valence-corrected chi connectivity index (χ2v) is 4.03. The number of methoxy groups -OCH3 is 1. The lowest BCUT2D eigenvalue weighted by Crippen LogP contribution is -2.00. The summed E-state index contributed by atoms with van der Waals surface area (Å²) in [6.07, 6.45) is 1.68. The van der Waals surface area contributed by atoms with Crippen LogP contribution in [0.15, 0.2) is 24.8 Å². The Morgan fingerprint density at radius 3 is 2.80 bits per heavy atom. The predicted octanol–water partition coefficient (Wildman–Crippen LogP) is 2.36. The third kappa shape index (κ3) is 3.10. The molecule has 0 aliphatic rings. The molecule has 1 aromatic rings. The summed E-state index contributed by atoms with van der Waals surface area (Å²) in [6, 6.07) is 3.63. The smallest absolute Gasteiger partial charge is 0.174 e. The average Bonchev–Trinajstić information content (AvgIpc) is 2.26. The largest absolute Gasteiger partial charge is 0.493 e. The summed E-state index contributed by atoms with van der Waals surface area (Å²) in [4.78, 5) is 0. The zero-order chi connectivity index (χ0) is 11.3. The van der Waals surface area contributed by atoms with E-state index in [0.29, 0.717) is 18.1 Å². The van der Waals surface area contributed by atoms with Gasteiger partial charge in [-0.15, -0.1) is 0 Å². The highest BCUT2D eigenvalue weighted by molar-refractivity contribution is 14.1. The van der Waals surface area contributed by atoms with Crippen molar-refractivity contribution in [3.63, 3.8) is 0 Å². The minimum absolute atomic E-state index is 0.00585. The maximum Gasteiger partial charge on any atom is 0.174 e. The zero-order valence-electron chi connectivity index (χ0n) is 8.50. The lowest BCUT2D eigenvalue weighted by Gasteiger charge is -2.12. The molecule has 0 radical (unpaired) electrons. The fraction of sp³-hybridized carbons (Fsp3) is 0.273. The summed E-state index contributed by atoms with van der Waals surface area (Å²) in [6.45, 7) is 4.02. The van der Waals surface area contributed by atoms with E-state index in [1.807, 2.05) is 6.07 Å². The van der Waals surface area contributed by atoms with Gasteiger partial charge in [-0.05, 0) is 40.3 Å². The van der Waals surface area contributed by atoms with Gasteiger partial charge in [0, 0.05) is 0 Å². The van der Waals surface area contributed by atoms with Crippen LogP contribution in [0, 0.1) is 3.57 Å². The number of hydrogen-bond donors (Lipinski definition) is 1. The number of benzene rings is 1. The molecular weight excluding hydrogens is 307 g/mol. The minimum atomic E-state index is -0.00585. The first-order valence-corrected chi connectivity index (χ1v) is 5.51. The normalized spacial score (nSPS) is 9.80. The number of halogens is 1. The molecule has 0 aromatic heterocycles. The van der Waals surface area contributed by atoms with Gasteiger partial charge in [0.25, 0.3) is 0 Å². The van der Waals surface area contributed by atoms with Crippen LogP contribution in [0.4, 0.5) is 0 Å². The topological polar surface area (TPSA) is 38.7 Å². The third-order valence-corrected chi connectivity index (χ3v) is 2.62. The van der Waals surface area contributed by atoms with E-state index in [2.05, 4.69) is 29.2 Å². The Hall–Kier alpha value is -0.750. The van der Waals surface area contributed by atoms with Crippen molar-refractivity contribution in [3.8, 4) is 11.5 Å². The molecule has 0 unspecified atom stereocenters. The maximum atomic E-state index is 9.03. The van der Waals surface area contributed by atoms with E-state index < -0.39 is 0 Å². The highest BCUT2D eigenvalue weighted by Gasteiger charge is 2.10. The van der Waals surface area contributed by atoms with Gasteiger partial charge in [0.15, 0.2) is 11.5 Å². The highest BCUT2D eigenvalue weighted by atomic mass is 127.